The van der Waals surface area contributed by atoms with Gasteiger partial charge in [-0.15, -0.1) is 0 Å². The van der Waals surface area contributed by atoms with Gasteiger partial charge in [-0.25, -0.2) is 4.79 Å². The van der Waals surface area contributed by atoms with Crippen molar-refractivity contribution in [2.45, 2.75) is 33.1 Å². The van der Waals surface area contributed by atoms with Gasteiger partial charge in [-0.05, 0) is 53.8 Å². The highest BCUT2D eigenvalue weighted by Gasteiger charge is 2.10. The number of nitrogens with zero attached hydrogens (tertiary/aromatic N) is 1. The van der Waals surface area contributed by atoms with E-state index in [0.717, 1.165) is 11.1 Å². The van der Waals surface area contributed by atoms with Crippen LogP contribution in [0.5, 0.6) is 5.75 Å². The zero-order chi connectivity index (χ0) is 20.5. The summed E-state index contributed by atoms with van der Waals surface area (Å²) < 4.78 is 10.4. The summed E-state index contributed by atoms with van der Waals surface area (Å²) in [7, 11) is 0. The lowest BCUT2D eigenvalue weighted by atomic mass is 9.98. The van der Waals surface area contributed by atoms with E-state index in [2.05, 4.69) is 25.2 Å². The number of aryl methyl sites for hydroxylation is 1. The van der Waals surface area contributed by atoms with E-state index in [1.54, 1.807) is 24.3 Å². The molecular formula is C22H24N2O4. The highest BCUT2D eigenvalue weighted by molar-refractivity contribution is 5.92. The lowest BCUT2D eigenvalue weighted by Crippen LogP contribution is -2.23. The Morgan fingerprint density at radius 3 is 2.43 bits per heavy atom. The molecular weight excluding hydrogens is 356 g/mol. The predicted molar refractivity (Wildman–Crippen MR) is 106 cm³/mol. The molecule has 0 atom stereocenters. The Bertz CT molecular complexity index is 867. The lowest BCUT2D eigenvalue weighted by molar-refractivity contribution is -0.149. The third-order valence-corrected chi connectivity index (χ3v) is 4.11. The molecule has 0 radical (unpaired) electrons. The second-order valence-corrected chi connectivity index (χ2v) is 6.70. The predicted octanol–water partition coefficient (Wildman–Crippen LogP) is 3.75. The number of rotatable bonds is 8. The van der Waals surface area contributed by atoms with Crippen LogP contribution in [0.25, 0.3) is 0 Å². The van der Waals surface area contributed by atoms with Crippen LogP contribution in [0, 0.1) is 18.3 Å². The molecule has 1 N–H and O–H groups in total. The van der Waals surface area contributed by atoms with Gasteiger partial charge in [0.1, 0.15) is 5.75 Å². The van der Waals surface area contributed by atoms with Gasteiger partial charge in [-0.1, -0.05) is 32.0 Å². The molecule has 2 rings (SSSR count). The molecule has 6 heteroatoms. The van der Waals surface area contributed by atoms with Crippen molar-refractivity contribution in [2.75, 3.05) is 18.5 Å². The van der Waals surface area contributed by atoms with Crippen molar-refractivity contribution in [1.82, 2.24) is 0 Å². The Morgan fingerprint density at radius 2 is 1.82 bits per heavy atom. The molecule has 0 saturated carbocycles. The fourth-order valence-electron chi connectivity index (χ4n) is 2.71. The van der Waals surface area contributed by atoms with E-state index in [1.165, 1.54) is 5.56 Å². The molecule has 28 heavy (non-hydrogen) atoms. The fourth-order valence-corrected chi connectivity index (χ4v) is 2.71. The molecule has 0 heterocycles. The van der Waals surface area contributed by atoms with Gasteiger partial charge in [0, 0.05) is 5.69 Å². The number of hydrogen-bond acceptors (Lipinski definition) is 5. The second kappa shape index (κ2) is 10.1. The summed E-state index contributed by atoms with van der Waals surface area (Å²) in [6, 6.07) is 14.6. The SMILES string of the molecule is Cc1cc(OCC(=O)OCC(=O)Nc2ccc(CC#N)cc2)ccc1C(C)C. The first-order chi connectivity index (χ1) is 13.4. The van der Waals surface area contributed by atoms with Crippen molar-refractivity contribution in [2.24, 2.45) is 0 Å². The number of nitriles is 1. The number of nitrogens with one attached hydrogen (secondary N) is 1. The van der Waals surface area contributed by atoms with Crippen LogP contribution in [0.2, 0.25) is 0 Å². The van der Waals surface area contributed by atoms with E-state index >= 15 is 0 Å². The number of anilines is 1. The molecule has 0 aliphatic heterocycles. The molecule has 2 aromatic rings. The van der Waals surface area contributed by atoms with Gasteiger partial charge >= 0.3 is 5.97 Å². The van der Waals surface area contributed by atoms with E-state index in [0.29, 0.717) is 23.8 Å². The van der Waals surface area contributed by atoms with Crippen molar-refractivity contribution < 1.29 is 19.1 Å². The third-order valence-electron chi connectivity index (χ3n) is 4.11. The van der Waals surface area contributed by atoms with Crippen molar-refractivity contribution >= 4 is 17.6 Å². The first-order valence-electron chi connectivity index (χ1n) is 9.03. The summed E-state index contributed by atoms with van der Waals surface area (Å²) in [5.74, 6) is -0.0653. The van der Waals surface area contributed by atoms with Gasteiger partial charge in [0.05, 0.1) is 12.5 Å². The topological polar surface area (TPSA) is 88.4 Å². The molecule has 0 aliphatic carbocycles. The third kappa shape index (κ3) is 6.44. The molecule has 0 unspecified atom stereocenters. The van der Waals surface area contributed by atoms with Crippen LogP contribution in [-0.4, -0.2) is 25.1 Å². The van der Waals surface area contributed by atoms with Gasteiger partial charge in [0.15, 0.2) is 13.2 Å². The van der Waals surface area contributed by atoms with E-state index < -0.39 is 18.5 Å². The number of ether oxygens (including phenoxy) is 2. The zero-order valence-corrected chi connectivity index (χ0v) is 16.3. The van der Waals surface area contributed by atoms with Crippen molar-refractivity contribution in [3.63, 3.8) is 0 Å². The molecule has 2 aromatic carbocycles. The Balaban J connectivity index is 1.75. The standard InChI is InChI=1S/C22H24N2O4/c1-15(2)20-9-8-19(12-16(20)3)27-14-22(26)28-13-21(25)24-18-6-4-17(5-7-18)10-11-23/h4-9,12,15H,10,13-14H2,1-3H3,(H,24,25). The summed E-state index contributed by atoms with van der Waals surface area (Å²) in [6.45, 7) is 5.57. The Labute approximate surface area is 165 Å². The monoisotopic (exact) mass is 380 g/mol. The number of carbonyl (C=O) groups excluding carboxylic acids is 2. The summed E-state index contributed by atoms with van der Waals surface area (Å²) in [4.78, 5) is 23.7. The number of esters is 1. The van der Waals surface area contributed by atoms with Gasteiger partial charge in [-0.2, -0.15) is 5.26 Å². The van der Waals surface area contributed by atoms with Crippen molar-refractivity contribution in [1.29, 1.82) is 5.26 Å². The van der Waals surface area contributed by atoms with Crippen molar-refractivity contribution in [3.05, 3.63) is 59.2 Å². The average molecular weight is 380 g/mol. The van der Waals surface area contributed by atoms with Crippen LogP contribution in [0.4, 0.5) is 5.69 Å². The van der Waals surface area contributed by atoms with E-state index in [-0.39, 0.29) is 6.61 Å². The molecule has 6 nitrogen and oxygen atoms in total. The zero-order valence-electron chi connectivity index (χ0n) is 16.3. The summed E-state index contributed by atoms with van der Waals surface area (Å²) in [5.41, 5.74) is 3.76. The minimum atomic E-state index is -0.620. The largest absolute Gasteiger partial charge is 0.482 e. The number of benzene rings is 2. The van der Waals surface area contributed by atoms with E-state index in [1.807, 2.05) is 25.1 Å². The van der Waals surface area contributed by atoms with Crippen LogP contribution in [0.3, 0.4) is 0 Å². The highest BCUT2D eigenvalue weighted by atomic mass is 16.6. The first-order valence-corrected chi connectivity index (χ1v) is 9.03. The van der Waals surface area contributed by atoms with Crippen LogP contribution < -0.4 is 10.1 Å². The quantitative estimate of drug-likeness (QED) is 0.705. The summed E-state index contributed by atoms with van der Waals surface area (Å²) in [6.07, 6.45) is 0.311. The molecule has 0 fully saturated rings. The van der Waals surface area contributed by atoms with E-state index in [4.69, 9.17) is 14.7 Å². The number of hydrogen-bond donors (Lipinski definition) is 1. The van der Waals surface area contributed by atoms with Crippen LogP contribution >= 0.6 is 0 Å². The molecule has 0 saturated heterocycles. The summed E-state index contributed by atoms with van der Waals surface area (Å²) in [5, 5.41) is 11.3. The molecule has 0 aromatic heterocycles. The average Bonchev–Trinajstić information content (AvgIpc) is 2.66. The fraction of sp³-hybridized carbons (Fsp3) is 0.318. The van der Waals surface area contributed by atoms with E-state index in [9.17, 15) is 9.59 Å². The van der Waals surface area contributed by atoms with Gasteiger partial charge in [-0.3, -0.25) is 4.79 Å². The molecule has 0 spiro atoms. The number of amides is 1. The number of carbonyl (C=O) groups is 2. The van der Waals surface area contributed by atoms with Crippen molar-refractivity contribution in [3.8, 4) is 11.8 Å². The first kappa shape index (κ1) is 21.0. The normalized spacial score (nSPS) is 10.2. The van der Waals surface area contributed by atoms with Crippen LogP contribution in [-0.2, 0) is 20.7 Å². The summed E-state index contributed by atoms with van der Waals surface area (Å²) >= 11 is 0. The molecule has 0 aliphatic rings. The maximum atomic E-state index is 11.9. The lowest BCUT2D eigenvalue weighted by Gasteiger charge is -2.12. The minimum Gasteiger partial charge on any atom is -0.482 e. The molecule has 146 valence electrons. The van der Waals surface area contributed by atoms with Crippen LogP contribution in [0.15, 0.2) is 42.5 Å². The molecule has 0 bridgehead atoms. The Morgan fingerprint density at radius 1 is 1.11 bits per heavy atom. The molecule has 1 amide bonds. The highest BCUT2D eigenvalue weighted by Crippen LogP contribution is 2.23. The Kier molecular flexibility index (Phi) is 7.58. The van der Waals surface area contributed by atoms with Gasteiger partial charge in [0.25, 0.3) is 5.91 Å². The Hall–Kier alpha value is -3.33. The minimum absolute atomic E-state index is 0.267. The second-order valence-electron chi connectivity index (χ2n) is 6.70. The van der Waals surface area contributed by atoms with Gasteiger partial charge < -0.3 is 14.8 Å². The maximum absolute atomic E-state index is 11.9. The maximum Gasteiger partial charge on any atom is 0.344 e. The smallest absolute Gasteiger partial charge is 0.344 e. The van der Waals surface area contributed by atoms with Gasteiger partial charge in [0.2, 0.25) is 0 Å². The van der Waals surface area contributed by atoms with Crippen LogP contribution in [0.1, 0.15) is 36.5 Å².